The summed E-state index contributed by atoms with van der Waals surface area (Å²) in [7, 11) is 0. The molecule has 6 aromatic carbocycles. The first kappa shape index (κ1) is 77.2. The van der Waals surface area contributed by atoms with Crippen LogP contribution in [0.15, 0.2) is 109 Å². The Balaban J connectivity index is 1.21. The van der Waals surface area contributed by atoms with E-state index in [1.807, 2.05) is 36.4 Å². The quantitative estimate of drug-likeness (QED) is 0.0363. The van der Waals surface area contributed by atoms with Gasteiger partial charge in [0.15, 0.2) is 0 Å². The standard InChI is InChI=1S/C84H118O8S2/c1-75(2,3)61-41-55(42-62(71(61)87)76(4,5)6)49-83(59-31-27-25-28-32-59,50-56-43-63(77(7,8)9)72(88)64(44-56)78(10,11)12)53-91-69(85)35-37-93-39-40-94-38-36-70(86)92-54-84(60-33-29-26-30-34-60,51-57-45-65(79(13,14)15)73(89)66(46-57)80(16,17)18)52-58-47-67(81(19,20)21)74(90)68(48-58)82(22,23)24/h25-34,41-48,87-90H,35-40,49-54H2,1-24H3. The maximum Gasteiger partial charge on any atom is 0.306 e. The van der Waals surface area contributed by atoms with Crippen molar-refractivity contribution >= 4 is 35.5 Å². The number of benzene rings is 6. The number of carbonyl (C=O) groups is 2. The second-order valence-corrected chi connectivity index (χ2v) is 37.7. The Bertz CT molecular complexity index is 3010. The van der Waals surface area contributed by atoms with Crippen molar-refractivity contribution in [2.45, 2.75) is 259 Å². The molecular formula is C84H118O8S2. The molecule has 0 heterocycles. The second kappa shape index (κ2) is 29.5. The van der Waals surface area contributed by atoms with E-state index in [1.54, 1.807) is 23.5 Å². The molecule has 0 fully saturated rings. The van der Waals surface area contributed by atoms with Crippen molar-refractivity contribution in [3.05, 3.63) is 187 Å². The predicted octanol–water partition coefficient (Wildman–Crippen LogP) is 20.4. The van der Waals surface area contributed by atoms with Gasteiger partial charge in [0.2, 0.25) is 0 Å². The average Bonchev–Trinajstić information content (AvgIpc) is 0.773. The fourth-order valence-corrected chi connectivity index (χ4v) is 15.0. The number of hydrogen-bond acceptors (Lipinski definition) is 10. The van der Waals surface area contributed by atoms with Gasteiger partial charge < -0.3 is 29.9 Å². The van der Waals surface area contributed by atoms with Crippen LogP contribution in [-0.2, 0) is 98.9 Å². The van der Waals surface area contributed by atoms with Gasteiger partial charge in [-0.3, -0.25) is 9.59 Å². The number of aromatic hydroxyl groups is 4. The molecule has 10 heteroatoms. The second-order valence-electron chi connectivity index (χ2n) is 35.2. The van der Waals surface area contributed by atoms with E-state index in [0.717, 1.165) is 89.4 Å². The summed E-state index contributed by atoms with van der Waals surface area (Å²) in [6.45, 7) is 51.4. The van der Waals surface area contributed by atoms with E-state index < -0.39 is 10.8 Å². The van der Waals surface area contributed by atoms with E-state index in [-0.39, 0.29) is 81.3 Å². The van der Waals surface area contributed by atoms with E-state index in [1.165, 1.54) is 0 Å². The first-order valence-electron chi connectivity index (χ1n) is 34.1. The average molecular weight is 1320 g/mol. The molecule has 0 aliphatic heterocycles. The number of esters is 2. The Labute approximate surface area is 576 Å². The molecule has 94 heavy (non-hydrogen) atoms. The van der Waals surface area contributed by atoms with Gasteiger partial charge >= 0.3 is 11.9 Å². The lowest BCUT2D eigenvalue weighted by Crippen LogP contribution is -2.38. The zero-order valence-corrected chi connectivity index (χ0v) is 63.7. The molecule has 0 spiro atoms. The fraction of sp³-hybridized carbons (Fsp3) is 0.548. The Morgan fingerprint density at radius 3 is 0.681 bits per heavy atom. The summed E-state index contributed by atoms with van der Waals surface area (Å²) in [6.07, 6.45) is 2.55. The van der Waals surface area contributed by atoms with Crippen LogP contribution in [0, 0.1) is 0 Å². The Hall–Kier alpha value is -5.84. The van der Waals surface area contributed by atoms with Crippen molar-refractivity contribution in [2.75, 3.05) is 36.2 Å². The largest absolute Gasteiger partial charge is 0.507 e. The van der Waals surface area contributed by atoms with Gasteiger partial charge in [0.05, 0.1) is 12.8 Å². The topological polar surface area (TPSA) is 134 Å². The van der Waals surface area contributed by atoms with Crippen LogP contribution in [0.5, 0.6) is 23.0 Å². The molecule has 0 unspecified atom stereocenters. The van der Waals surface area contributed by atoms with E-state index in [2.05, 4.69) is 239 Å². The lowest BCUT2D eigenvalue weighted by atomic mass is 9.69. The number of thioether (sulfide) groups is 2. The van der Waals surface area contributed by atoms with E-state index in [4.69, 9.17) is 9.47 Å². The highest BCUT2D eigenvalue weighted by Gasteiger charge is 2.41. The molecule has 6 aromatic rings. The van der Waals surface area contributed by atoms with Crippen LogP contribution in [0.1, 0.15) is 257 Å². The van der Waals surface area contributed by atoms with Gasteiger partial charge in [-0.1, -0.05) is 275 Å². The molecule has 514 valence electrons. The molecule has 6 rings (SSSR count). The molecule has 0 saturated heterocycles. The van der Waals surface area contributed by atoms with Crippen LogP contribution < -0.4 is 0 Å². The summed E-state index contributed by atoms with van der Waals surface area (Å²) in [5.74, 6) is 3.47. The van der Waals surface area contributed by atoms with Gasteiger partial charge in [-0.05, 0) is 147 Å². The highest BCUT2D eigenvalue weighted by atomic mass is 32.2. The zero-order chi connectivity index (χ0) is 70.6. The third-order valence-corrected chi connectivity index (χ3v) is 20.6. The minimum atomic E-state index is -0.744. The zero-order valence-electron chi connectivity index (χ0n) is 62.1. The lowest BCUT2D eigenvalue weighted by molar-refractivity contribution is -0.146. The number of phenols is 4. The van der Waals surface area contributed by atoms with Gasteiger partial charge in [-0.15, -0.1) is 0 Å². The molecular weight excluding hydrogens is 1200 g/mol. The first-order chi connectivity index (χ1) is 43.1. The molecule has 0 aliphatic rings. The normalized spacial score (nSPS) is 13.3. The number of hydrogen-bond donors (Lipinski definition) is 4. The van der Waals surface area contributed by atoms with Gasteiger partial charge in [-0.25, -0.2) is 0 Å². The minimum Gasteiger partial charge on any atom is -0.507 e. The first-order valence-corrected chi connectivity index (χ1v) is 36.4. The SMILES string of the molecule is CC(C)(C)c1cc(CC(COC(=O)CCSCCSCCC(=O)OCC(Cc2cc(C(C)(C)C)c(O)c(C(C)(C)C)c2)(Cc2cc(C(C)(C)C)c(O)c(C(C)(C)C)c2)c2ccccc2)(Cc2cc(C(C)(C)C)c(O)c(C(C)(C)C)c2)c2ccccc2)cc(C(C)(C)C)c1O. The van der Waals surface area contributed by atoms with Crippen molar-refractivity contribution < 1.29 is 39.5 Å². The highest BCUT2D eigenvalue weighted by Crippen LogP contribution is 2.48. The summed E-state index contributed by atoms with van der Waals surface area (Å²) < 4.78 is 13.0. The number of phenolic OH excluding ortho intramolecular Hbond substituents is 4. The molecule has 8 nitrogen and oxygen atoms in total. The van der Waals surface area contributed by atoms with Gasteiger partial charge in [0, 0.05) is 33.8 Å². The number of ether oxygens (including phenoxy) is 2. The number of carbonyl (C=O) groups excluding carboxylic acids is 2. The highest BCUT2D eigenvalue weighted by molar-refractivity contribution is 8.02. The number of rotatable bonds is 23. The van der Waals surface area contributed by atoms with Crippen LogP contribution in [0.3, 0.4) is 0 Å². The summed E-state index contributed by atoms with van der Waals surface area (Å²) in [5.41, 5.74) is 8.97. The molecule has 0 amide bonds. The van der Waals surface area contributed by atoms with Crippen LogP contribution in [0.2, 0.25) is 0 Å². The van der Waals surface area contributed by atoms with E-state index in [0.29, 0.717) is 60.2 Å². The smallest absolute Gasteiger partial charge is 0.306 e. The molecule has 0 atom stereocenters. The fourth-order valence-electron chi connectivity index (χ4n) is 13.0. The van der Waals surface area contributed by atoms with Crippen LogP contribution in [0.25, 0.3) is 0 Å². The third kappa shape index (κ3) is 19.9. The summed E-state index contributed by atoms with van der Waals surface area (Å²) in [4.78, 5) is 28.3. The van der Waals surface area contributed by atoms with E-state index in [9.17, 15) is 30.0 Å². The van der Waals surface area contributed by atoms with Crippen LogP contribution >= 0.6 is 23.5 Å². The maximum absolute atomic E-state index is 14.2. The molecule has 0 aliphatic carbocycles. The molecule has 0 radical (unpaired) electrons. The van der Waals surface area contributed by atoms with Crippen LogP contribution in [0.4, 0.5) is 0 Å². The summed E-state index contributed by atoms with van der Waals surface area (Å²) in [5, 5.41) is 47.5. The molecule has 0 saturated carbocycles. The van der Waals surface area contributed by atoms with Gasteiger partial charge in [-0.2, -0.15) is 23.5 Å². The minimum absolute atomic E-state index is 0.117. The summed E-state index contributed by atoms with van der Waals surface area (Å²) in [6, 6.07) is 37.9. The van der Waals surface area contributed by atoms with Crippen molar-refractivity contribution in [3.63, 3.8) is 0 Å². The van der Waals surface area contributed by atoms with Gasteiger partial charge in [0.25, 0.3) is 0 Å². The molecule has 0 bridgehead atoms. The molecule has 4 N–H and O–H groups in total. The van der Waals surface area contributed by atoms with Crippen LogP contribution in [-0.4, -0.2) is 68.6 Å². The van der Waals surface area contributed by atoms with Gasteiger partial charge in [0.1, 0.15) is 36.2 Å². The maximum atomic E-state index is 14.2. The van der Waals surface area contributed by atoms with E-state index >= 15 is 0 Å². The van der Waals surface area contributed by atoms with Crippen molar-refractivity contribution in [2.24, 2.45) is 0 Å². The molecule has 0 aromatic heterocycles. The predicted molar refractivity (Wildman–Crippen MR) is 399 cm³/mol. The third-order valence-electron chi connectivity index (χ3n) is 18.4. The van der Waals surface area contributed by atoms with Crippen molar-refractivity contribution in [3.8, 4) is 23.0 Å². The lowest BCUT2D eigenvalue weighted by Gasteiger charge is -2.37. The Kier molecular flexibility index (Phi) is 24.2. The summed E-state index contributed by atoms with van der Waals surface area (Å²) >= 11 is 3.40. The Morgan fingerprint density at radius 2 is 0.500 bits per heavy atom. The van der Waals surface area contributed by atoms with Crippen molar-refractivity contribution in [1.82, 2.24) is 0 Å². The Morgan fingerprint density at radius 1 is 0.309 bits per heavy atom. The van der Waals surface area contributed by atoms with Crippen molar-refractivity contribution in [1.29, 1.82) is 0 Å². The monoisotopic (exact) mass is 1320 g/mol.